The van der Waals surface area contributed by atoms with Crippen LogP contribution in [0.3, 0.4) is 0 Å². The number of hydrogen-bond acceptors (Lipinski definition) is 4. The first-order valence-electron chi connectivity index (χ1n) is 8.15. The van der Waals surface area contributed by atoms with E-state index in [9.17, 15) is 4.39 Å². The highest BCUT2D eigenvalue weighted by molar-refractivity contribution is 5.86. The standard InChI is InChI=1S/C20H17FN4O/c1-22-19-6-4-13(10-23-19)12-3-5-15(16(21)7-12)17-8-14-9-20(26-2)24-11-18(14)25-17/h3-11,25H,1-2H3,(H,22,23). The van der Waals surface area contributed by atoms with E-state index in [1.54, 1.807) is 25.6 Å². The molecule has 0 aliphatic carbocycles. The molecule has 0 aliphatic heterocycles. The molecule has 0 bridgehead atoms. The second kappa shape index (κ2) is 6.48. The van der Waals surface area contributed by atoms with Gasteiger partial charge in [0.05, 0.1) is 18.8 Å². The largest absolute Gasteiger partial charge is 0.481 e. The molecular weight excluding hydrogens is 331 g/mol. The zero-order valence-electron chi connectivity index (χ0n) is 14.4. The maximum atomic E-state index is 14.7. The maximum Gasteiger partial charge on any atom is 0.213 e. The highest BCUT2D eigenvalue weighted by Crippen LogP contribution is 2.30. The molecule has 0 unspecified atom stereocenters. The molecule has 4 aromatic rings. The number of nitrogens with zero attached hydrogens (tertiary/aromatic N) is 2. The van der Waals surface area contributed by atoms with Gasteiger partial charge in [-0.3, -0.25) is 0 Å². The zero-order valence-corrected chi connectivity index (χ0v) is 14.4. The summed E-state index contributed by atoms with van der Waals surface area (Å²) in [4.78, 5) is 11.6. The van der Waals surface area contributed by atoms with Gasteiger partial charge in [-0.25, -0.2) is 14.4 Å². The van der Waals surface area contributed by atoms with Crippen molar-refractivity contribution >= 4 is 16.7 Å². The van der Waals surface area contributed by atoms with E-state index in [0.29, 0.717) is 17.1 Å². The number of pyridine rings is 2. The monoisotopic (exact) mass is 348 g/mol. The van der Waals surface area contributed by atoms with Crippen molar-refractivity contribution in [3.05, 3.63) is 60.7 Å². The Labute approximate surface area is 149 Å². The van der Waals surface area contributed by atoms with Gasteiger partial charge in [-0.1, -0.05) is 6.07 Å². The molecule has 0 fully saturated rings. The number of H-pyrrole nitrogens is 1. The molecule has 0 amide bonds. The predicted octanol–water partition coefficient (Wildman–Crippen LogP) is 4.48. The van der Waals surface area contributed by atoms with E-state index in [2.05, 4.69) is 20.3 Å². The SMILES string of the molecule is CNc1ccc(-c2ccc(-c3cc4cc(OC)ncc4[nH]3)c(F)c2)cn1. The van der Waals surface area contributed by atoms with E-state index in [1.807, 2.05) is 37.4 Å². The van der Waals surface area contributed by atoms with Crippen LogP contribution in [0.2, 0.25) is 0 Å². The predicted molar refractivity (Wildman–Crippen MR) is 101 cm³/mol. The third-order valence-corrected chi connectivity index (χ3v) is 4.30. The molecule has 5 nitrogen and oxygen atoms in total. The Morgan fingerprint density at radius 3 is 2.54 bits per heavy atom. The maximum absolute atomic E-state index is 14.7. The Balaban J connectivity index is 1.71. The summed E-state index contributed by atoms with van der Waals surface area (Å²) in [7, 11) is 3.38. The average molecular weight is 348 g/mol. The van der Waals surface area contributed by atoms with Gasteiger partial charge in [0.15, 0.2) is 0 Å². The first kappa shape index (κ1) is 16.1. The van der Waals surface area contributed by atoms with Crippen LogP contribution in [0.15, 0.2) is 54.9 Å². The van der Waals surface area contributed by atoms with Crippen LogP contribution < -0.4 is 10.1 Å². The lowest BCUT2D eigenvalue weighted by atomic mass is 10.0. The van der Waals surface area contributed by atoms with Crippen LogP contribution in [0.5, 0.6) is 5.88 Å². The number of benzene rings is 1. The number of methoxy groups -OCH3 is 1. The Bertz CT molecular complexity index is 1070. The van der Waals surface area contributed by atoms with Crippen LogP contribution >= 0.6 is 0 Å². The molecule has 4 rings (SSSR count). The quantitative estimate of drug-likeness (QED) is 0.571. The highest BCUT2D eigenvalue weighted by atomic mass is 19.1. The van der Waals surface area contributed by atoms with Gasteiger partial charge in [-0.15, -0.1) is 0 Å². The average Bonchev–Trinajstić information content (AvgIpc) is 3.10. The fourth-order valence-corrected chi connectivity index (χ4v) is 2.89. The minimum atomic E-state index is -0.299. The number of aromatic amines is 1. The van der Waals surface area contributed by atoms with Crippen molar-refractivity contribution in [1.29, 1.82) is 0 Å². The summed E-state index contributed by atoms with van der Waals surface area (Å²) in [6.45, 7) is 0. The number of nitrogens with one attached hydrogen (secondary N) is 2. The lowest BCUT2D eigenvalue weighted by Gasteiger charge is -2.06. The molecule has 0 saturated carbocycles. The highest BCUT2D eigenvalue weighted by Gasteiger charge is 2.11. The van der Waals surface area contributed by atoms with Crippen LogP contribution in [-0.4, -0.2) is 29.1 Å². The summed E-state index contributed by atoms with van der Waals surface area (Å²) >= 11 is 0. The van der Waals surface area contributed by atoms with E-state index in [-0.39, 0.29) is 5.82 Å². The topological polar surface area (TPSA) is 62.8 Å². The Kier molecular flexibility index (Phi) is 4.01. The normalized spacial score (nSPS) is 10.9. The smallest absolute Gasteiger partial charge is 0.213 e. The summed E-state index contributed by atoms with van der Waals surface area (Å²) < 4.78 is 19.9. The van der Waals surface area contributed by atoms with Crippen molar-refractivity contribution in [1.82, 2.24) is 15.0 Å². The molecule has 26 heavy (non-hydrogen) atoms. The van der Waals surface area contributed by atoms with E-state index < -0.39 is 0 Å². The third kappa shape index (κ3) is 2.86. The number of halogens is 1. The number of fused-ring (bicyclic) bond motifs is 1. The number of hydrogen-bond donors (Lipinski definition) is 2. The van der Waals surface area contributed by atoms with E-state index >= 15 is 0 Å². The summed E-state index contributed by atoms with van der Waals surface area (Å²) in [6.07, 6.45) is 3.40. The number of anilines is 1. The van der Waals surface area contributed by atoms with Crippen molar-refractivity contribution in [3.8, 4) is 28.3 Å². The molecule has 3 heterocycles. The Morgan fingerprint density at radius 2 is 1.85 bits per heavy atom. The first-order chi connectivity index (χ1) is 12.7. The van der Waals surface area contributed by atoms with E-state index in [1.165, 1.54) is 6.07 Å². The zero-order chi connectivity index (χ0) is 18.1. The summed E-state index contributed by atoms with van der Waals surface area (Å²) in [5, 5.41) is 3.88. The van der Waals surface area contributed by atoms with Gasteiger partial charge in [0.2, 0.25) is 5.88 Å². The third-order valence-electron chi connectivity index (χ3n) is 4.30. The second-order valence-electron chi connectivity index (χ2n) is 5.87. The molecule has 1 aromatic carbocycles. The van der Waals surface area contributed by atoms with Crippen LogP contribution in [0.4, 0.5) is 10.2 Å². The number of rotatable bonds is 4. The van der Waals surface area contributed by atoms with Gasteiger partial charge in [0.25, 0.3) is 0 Å². The van der Waals surface area contributed by atoms with Crippen LogP contribution in [-0.2, 0) is 0 Å². The molecule has 0 saturated heterocycles. The first-order valence-corrected chi connectivity index (χ1v) is 8.15. The lowest BCUT2D eigenvalue weighted by Crippen LogP contribution is -1.92. The number of ether oxygens (including phenoxy) is 1. The Morgan fingerprint density at radius 1 is 1.00 bits per heavy atom. The lowest BCUT2D eigenvalue weighted by molar-refractivity contribution is 0.399. The fraction of sp³-hybridized carbons (Fsp3) is 0.100. The van der Waals surface area contributed by atoms with Crippen LogP contribution in [0.25, 0.3) is 33.3 Å². The minimum Gasteiger partial charge on any atom is -0.481 e. The van der Waals surface area contributed by atoms with Gasteiger partial charge in [0, 0.05) is 41.5 Å². The molecule has 2 N–H and O–H groups in total. The van der Waals surface area contributed by atoms with Gasteiger partial charge in [-0.05, 0) is 35.9 Å². The second-order valence-corrected chi connectivity index (χ2v) is 5.87. The molecule has 0 spiro atoms. The van der Waals surface area contributed by atoms with Gasteiger partial charge in [0.1, 0.15) is 11.6 Å². The summed E-state index contributed by atoms with van der Waals surface area (Å²) in [5.41, 5.74) is 3.67. The van der Waals surface area contributed by atoms with Crippen molar-refractivity contribution < 1.29 is 9.13 Å². The van der Waals surface area contributed by atoms with E-state index in [4.69, 9.17) is 4.74 Å². The molecule has 0 atom stereocenters. The minimum absolute atomic E-state index is 0.299. The van der Waals surface area contributed by atoms with Crippen LogP contribution in [0, 0.1) is 5.82 Å². The fourth-order valence-electron chi connectivity index (χ4n) is 2.89. The molecule has 6 heteroatoms. The van der Waals surface area contributed by atoms with Crippen LogP contribution in [0.1, 0.15) is 0 Å². The van der Waals surface area contributed by atoms with Crippen molar-refractivity contribution in [2.24, 2.45) is 0 Å². The van der Waals surface area contributed by atoms with Gasteiger partial charge >= 0.3 is 0 Å². The number of aromatic nitrogens is 3. The van der Waals surface area contributed by atoms with E-state index in [0.717, 1.165) is 27.8 Å². The van der Waals surface area contributed by atoms with Gasteiger partial charge in [-0.2, -0.15) is 0 Å². The summed E-state index contributed by atoms with van der Waals surface area (Å²) in [6, 6.07) is 12.7. The van der Waals surface area contributed by atoms with Crippen molar-refractivity contribution in [3.63, 3.8) is 0 Å². The summed E-state index contributed by atoms with van der Waals surface area (Å²) in [5.74, 6) is 0.996. The molecule has 3 aromatic heterocycles. The molecule has 0 aliphatic rings. The Hall–Kier alpha value is -3.41. The van der Waals surface area contributed by atoms with Crippen molar-refractivity contribution in [2.75, 3.05) is 19.5 Å². The van der Waals surface area contributed by atoms with Crippen molar-refractivity contribution in [2.45, 2.75) is 0 Å². The molecule has 130 valence electrons. The molecular formula is C20H17FN4O. The molecule has 0 radical (unpaired) electrons. The van der Waals surface area contributed by atoms with Gasteiger partial charge < -0.3 is 15.0 Å².